The van der Waals surface area contributed by atoms with Crippen LogP contribution in [0.2, 0.25) is 0 Å². The van der Waals surface area contributed by atoms with Crippen LogP contribution in [0, 0.1) is 5.82 Å². The van der Waals surface area contributed by atoms with Crippen LogP contribution in [-0.4, -0.2) is 38.7 Å². The highest BCUT2D eigenvalue weighted by atomic mass is 32.1. The van der Waals surface area contributed by atoms with Crippen molar-refractivity contribution in [1.82, 2.24) is 4.90 Å². The zero-order valence-electron chi connectivity index (χ0n) is 20.3. The number of carbonyl (C=O) groups is 1. The number of halogens is 1. The Morgan fingerprint density at radius 1 is 0.889 bits per heavy atom. The third-order valence-corrected chi connectivity index (χ3v) is 7.62. The fraction of sp³-hybridized carbons (Fsp3) is 0.207. The number of benzene rings is 3. The van der Waals surface area contributed by atoms with E-state index in [0.717, 1.165) is 28.0 Å². The lowest BCUT2D eigenvalue weighted by molar-refractivity contribution is 0.0699. The fourth-order valence-electron chi connectivity index (χ4n) is 4.82. The number of methoxy groups -OCH3 is 3. The first kappa shape index (κ1) is 23.9. The molecular weight excluding hydrogens is 477 g/mol. The van der Waals surface area contributed by atoms with E-state index in [0.29, 0.717) is 28.7 Å². The number of thiophene rings is 1. The number of rotatable bonds is 6. The Hall–Kier alpha value is -3.84. The molecule has 1 aliphatic rings. The summed E-state index contributed by atoms with van der Waals surface area (Å²) in [5.74, 6) is 1.26. The molecule has 2 heterocycles. The molecule has 1 aromatic heterocycles. The van der Waals surface area contributed by atoms with Gasteiger partial charge in [-0.2, -0.15) is 0 Å². The predicted octanol–water partition coefficient (Wildman–Crippen LogP) is 6.37. The maximum absolute atomic E-state index is 13.9. The summed E-state index contributed by atoms with van der Waals surface area (Å²) in [5.41, 5.74) is 3.98. The normalized spacial score (nSPS) is 14.8. The van der Waals surface area contributed by atoms with E-state index in [2.05, 4.69) is 12.1 Å². The van der Waals surface area contributed by atoms with Gasteiger partial charge in [-0.05, 0) is 59.5 Å². The number of hydrogen-bond donors (Lipinski definition) is 0. The van der Waals surface area contributed by atoms with Gasteiger partial charge in [0.25, 0.3) is 5.91 Å². The van der Waals surface area contributed by atoms with Crippen LogP contribution in [-0.2, 0) is 6.42 Å². The second kappa shape index (κ2) is 10.0. The average Bonchev–Trinajstić information content (AvgIpc) is 3.41. The molecule has 0 saturated carbocycles. The molecule has 0 radical (unpaired) electrons. The van der Waals surface area contributed by atoms with Crippen LogP contribution in [0.15, 0.2) is 72.8 Å². The number of ether oxygens (including phenoxy) is 3. The molecule has 5 rings (SSSR count). The summed E-state index contributed by atoms with van der Waals surface area (Å²) in [4.78, 5) is 17.3. The molecule has 7 heteroatoms. The van der Waals surface area contributed by atoms with Gasteiger partial charge in [0.05, 0.1) is 32.2 Å². The second-order valence-corrected chi connectivity index (χ2v) is 9.53. The van der Waals surface area contributed by atoms with E-state index in [1.807, 2.05) is 41.3 Å². The Morgan fingerprint density at radius 2 is 1.64 bits per heavy atom. The molecule has 1 amide bonds. The summed E-state index contributed by atoms with van der Waals surface area (Å²) in [7, 11) is 4.73. The molecule has 4 aromatic rings. The number of nitrogens with zero attached hydrogens (tertiary/aromatic N) is 1. The molecule has 3 aromatic carbocycles. The zero-order valence-corrected chi connectivity index (χ0v) is 21.1. The van der Waals surface area contributed by atoms with Gasteiger partial charge >= 0.3 is 0 Å². The Labute approximate surface area is 213 Å². The lowest BCUT2D eigenvalue weighted by Gasteiger charge is -2.37. The van der Waals surface area contributed by atoms with Gasteiger partial charge in [0.15, 0.2) is 11.5 Å². The summed E-state index contributed by atoms with van der Waals surface area (Å²) in [6.45, 7) is 0.574. The molecule has 0 bridgehead atoms. The lowest BCUT2D eigenvalue weighted by atomic mass is 9.88. The summed E-state index contributed by atoms with van der Waals surface area (Å²) in [6, 6.07) is 21.8. The first-order valence-electron chi connectivity index (χ1n) is 11.6. The molecule has 1 aliphatic heterocycles. The third-order valence-electron chi connectivity index (χ3n) is 6.52. The lowest BCUT2D eigenvalue weighted by Crippen LogP contribution is -2.40. The van der Waals surface area contributed by atoms with Crippen molar-refractivity contribution in [2.75, 3.05) is 27.9 Å². The van der Waals surface area contributed by atoms with Gasteiger partial charge in [-0.25, -0.2) is 4.39 Å². The molecule has 0 unspecified atom stereocenters. The second-order valence-electron chi connectivity index (χ2n) is 8.45. The molecule has 0 saturated heterocycles. The summed E-state index contributed by atoms with van der Waals surface area (Å²) in [5, 5.41) is 0. The van der Waals surface area contributed by atoms with Gasteiger partial charge in [-0.1, -0.05) is 36.4 Å². The molecule has 0 aliphatic carbocycles. The van der Waals surface area contributed by atoms with Crippen LogP contribution < -0.4 is 14.2 Å². The largest absolute Gasteiger partial charge is 0.493 e. The van der Waals surface area contributed by atoms with Crippen LogP contribution >= 0.6 is 11.3 Å². The molecule has 0 fully saturated rings. The van der Waals surface area contributed by atoms with Crippen molar-refractivity contribution in [3.05, 3.63) is 100 Å². The van der Waals surface area contributed by atoms with E-state index < -0.39 is 0 Å². The van der Waals surface area contributed by atoms with Crippen molar-refractivity contribution in [2.24, 2.45) is 0 Å². The van der Waals surface area contributed by atoms with Crippen LogP contribution in [0.4, 0.5) is 4.39 Å². The topological polar surface area (TPSA) is 48.0 Å². The molecule has 36 heavy (non-hydrogen) atoms. The van der Waals surface area contributed by atoms with Crippen molar-refractivity contribution in [2.45, 2.75) is 12.5 Å². The monoisotopic (exact) mass is 503 g/mol. The minimum Gasteiger partial charge on any atom is -0.493 e. The molecule has 184 valence electrons. The fourth-order valence-corrected chi connectivity index (χ4v) is 5.81. The third kappa shape index (κ3) is 4.20. The average molecular weight is 504 g/mol. The quantitative estimate of drug-likeness (QED) is 0.307. The zero-order chi connectivity index (χ0) is 25.2. The van der Waals surface area contributed by atoms with Crippen molar-refractivity contribution in [3.8, 4) is 27.7 Å². The first-order chi connectivity index (χ1) is 17.5. The Balaban J connectivity index is 1.52. The molecular formula is C29H26FNO4S. The van der Waals surface area contributed by atoms with Gasteiger partial charge in [-0.15, -0.1) is 11.3 Å². The summed E-state index contributed by atoms with van der Waals surface area (Å²) < 4.78 is 30.3. The standard InChI is InChI=1S/C29H26FNO4S/c1-33-23-13-12-22(27(34-2)28(23)35-3)24-14-15-25(36-24)29(32)31-17-16-18-6-4-5-7-21(18)26(31)19-8-10-20(30)11-9-19/h4-15,26H,16-17H2,1-3H3/t26-/m1/s1. The number of amides is 1. The SMILES string of the molecule is COc1ccc(-c2ccc(C(=O)N3CCc4ccccc4[C@H]3c3ccc(F)cc3)s2)c(OC)c1OC. The van der Waals surface area contributed by atoms with Crippen molar-refractivity contribution in [3.63, 3.8) is 0 Å². The van der Waals surface area contributed by atoms with Crippen molar-refractivity contribution in [1.29, 1.82) is 0 Å². The van der Waals surface area contributed by atoms with Gasteiger partial charge in [0, 0.05) is 17.0 Å². The highest BCUT2D eigenvalue weighted by Gasteiger charge is 2.33. The maximum atomic E-state index is 13.9. The van der Waals surface area contributed by atoms with Crippen LogP contribution in [0.3, 0.4) is 0 Å². The van der Waals surface area contributed by atoms with E-state index in [1.165, 1.54) is 29.0 Å². The van der Waals surface area contributed by atoms with Gasteiger partial charge < -0.3 is 19.1 Å². The number of carbonyl (C=O) groups excluding carboxylic acids is 1. The highest BCUT2D eigenvalue weighted by molar-refractivity contribution is 7.17. The maximum Gasteiger partial charge on any atom is 0.264 e. The Bertz CT molecular complexity index is 1400. The van der Waals surface area contributed by atoms with Gasteiger partial charge in [-0.3, -0.25) is 4.79 Å². The summed E-state index contributed by atoms with van der Waals surface area (Å²) >= 11 is 1.40. The van der Waals surface area contributed by atoms with E-state index in [4.69, 9.17) is 14.2 Å². The predicted molar refractivity (Wildman–Crippen MR) is 139 cm³/mol. The van der Waals surface area contributed by atoms with Crippen LogP contribution in [0.5, 0.6) is 17.2 Å². The van der Waals surface area contributed by atoms with E-state index in [9.17, 15) is 9.18 Å². The highest BCUT2D eigenvalue weighted by Crippen LogP contribution is 2.46. The Kier molecular flexibility index (Phi) is 6.65. The smallest absolute Gasteiger partial charge is 0.264 e. The van der Waals surface area contributed by atoms with E-state index in [-0.39, 0.29) is 17.8 Å². The molecule has 1 atom stereocenters. The number of fused-ring (bicyclic) bond motifs is 1. The van der Waals surface area contributed by atoms with Gasteiger partial charge in [0.2, 0.25) is 5.75 Å². The summed E-state index contributed by atoms with van der Waals surface area (Å²) in [6.07, 6.45) is 0.765. The Morgan fingerprint density at radius 3 is 2.36 bits per heavy atom. The molecule has 0 N–H and O–H groups in total. The minimum atomic E-state index is -0.299. The minimum absolute atomic E-state index is 0.0606. The number of hydrogen-bond acceptors (Lipinski definition) is 5. The van der Waals surface area contributed by atoms with Crippen LogP contribution in [0.1, 0.15) is 32.4 Å². The molecule has 0 spiro atoms. The van der Waals surface area contributed by atoms with E-state index in [1.54, 1.807) is 33.5 Å². The van der Waals surface area contributed by atoms with Crippen molar-refractivity contribution >= 4 is 17.2 Å². The van der Waals surface area contributed by atoms with Crippen LogP contribution in [0.25, 0.3) is 10.4 Å². The van der Waals surface area contributed by atoms with E-state index >= 15 is 0 Å². The first-order valence-corrected chi connectivity index (χ1v) is 12.4. The van der Waals surface area contributed by atoms with Gasteiger partial charge in [0.1, 0.15) is 5.82 Å². The van der Waals surface area contributed by atoms with Crippen molar-refractivity contribution < 1.29 is 23.4 Å². The molecule has 5 nitrogen and oxygen atoms in total.